The van der Waals surface area contributed by atoms with Crippen LogP contribution in [0.5, 0.6) is 0 Å². The topological polar surface area (TPSA) is 26.0 Å². The van der Waals surface area contributed by atoms with Gasteiger partial charge in [0.15, 0.2) is 0 Å². The summed E-state index contributed by atoms with van der Waals surface area (Å²) in [7, 11) is 0. The summed E-state index contributed by atoms with van der Waals surface area (Å²) in [4.78, 5) is 0. The Balaban J connectivity index is 2.33. The molecule has 82 valence electrons. The normalized spacial score (nSPS) is 12.4. The van der Waals surface area contributed by atoms with Gasteiger partial charge in [-0.25, -0.2) is 0 Å². The summed E-state index contributed by atoms with van der Waals surface area (Å²) in [6.45, 7) is 2.75. The molecule has 0 bridgehead atoms. The fourth-order valence-corrected chi connectivity index (χ4v) is 1.95. The molecule has 2 N–H and O–H groups in total. The molecular weight excluding hydrogens is 194 g/mol. The average Bonchev–Trinajstić information content (AvgIpc) is 2.34. The number of aryl methyl sites for hydroxylation is 1. The number of nitrogens with two attached hydrogens (primary N) is 1. The van der Waals surface area contributed by atoms with Crippen molar-refractivity contribution in [2.75, 3.05) is 6.54 Å². The van der Waals surface area contributed by atoms with E-state index in [4.69, 9.17) is 5.73 Å². The van der Waals surface area contributed by atoms with Crippen LogP contribution in [0.3, 0.4) is 0 Å². The Labute approximate surface area is 96.9 Å². The minimum Gasteiger partial charge on any atom is -0.330 e. The average molecular weight is 211 g/mol. The van der Waals surface area contributed by atoms with E-state index >= 15 is 0 Å². The number of hydrogen-bond donors (Lipinski definition) is 1. The first-order valence-corrected chi connectivity index (χ1v) is 5.63. The van der Waals surface area contributed by atoms with Crippen molar-refractivity contribution in [2.45, 2.75) is 12.8 Å². The first kappa shape index (κ1) is 10.9. The Kier molecular flexibility index (Phi) is 3.37. The third-order valence-electron chi connectivity index (χ3n) is 2.92. The smallest absolute Gasteiger partial charge is 0.0212 e. The van der Waals surface area contributed by atoms with Gasteiger partial charge in [0.25, 0.3) is 0 Å². The van der Waals surface area contributed by atoms with Gasteiger partial charge in [0.1, 0.15) is 0 Å². The van der Waals surface area contributed by atoms with E-state index in [1.807, 2.05) is 6.07 Å². The first-order chi connectivity index (χ1) is 7.81. The van der Waals surface area contributed by atoms with Crippen LogP contribution in [0.4, 0.5) is 0 Å². The molecule has 0 aliphatic rings. The van der Waals surface area contributed by atoms with E-state index in [2.05, 4.69) is 55.5 Å². The van der Waals surface area contributed by atoms with Gasteiger partial charge in [0.2, 0.25) is 0 Å². The molecule has 0 aliphatic carbocycles. The summed E-state index contributed by atoms with van der Waals surface area (Å²) >= 11 is 0. The van der Waals surface area contributed by atoms with Crippen molar-refractivity contribution >= 4 is 0 Å². The predicted octanol–water partition coefficient (Wildman–Crippen LogP) is 3.09. The highest BCUT2D eigenvalue weighted by Crippen LogP contribution is 2.23. The molecule has 0 aromatic heterocycles. The second-order valence-electron chi connectivity index (χ2n) is 4.11. The number of hydrogen-bond acceptors (Lipinski definition) is 1. The molecule has 1 heteroatoms. The maximum atomic E-state index is 5.87. The van der Waals surface area contributed by atoms with Crippen LogP contribution in [0, 0.1) is 6.92 Å². The molecule has 1 atom stereocenters. The van der Waals surface area contributed by atoms with Crippen LogP contribution >= 0.6 is 0 Å². The van der Waals surface area contributed by atoms with Crippen LogP contribution in [0.2, 0.25) is 0 Å². The highest BCUT2D eigenvalue weighted by Gasteiger charge is 2.11. The van der Waals surface area contributed by atoms with Crippen LogP contribution in [-0.2, 0) is 0 Å². The minimum absolute atomic E-state index is 0.307. The van der Waals surface area contributed by atoms with E-state index in [0.29, 0.717) is 12.5 Å². The molecule has 2 aromatic carbocycles. The molecule has 1 nitrogen and oxygen atoms in total. The highest BCUT2D eigenvalue weighted by molar-refractivity contribution is 5.34. The molecule has 0 fully saturated rings. The SMILES string of the molecule is Cc1ccc([C@@H](CN)c2ccccc2)cc1. The standard InChI is InChI=1S/C15H17N/c1-12-7-9-14(10-8-12)15(11-16)13-5-3-2-4-6-13/h2-10,15H,11,16H2,1H3/t15-/m0/s1. The van der Waals surface area contributed by atoms with E-state index in [1.54, 1.807) is 0 Å². The lowest BCUT2D eigenvalue weighted by Gasteiger charge is -2.15. The van der Waals surface area contributed by atoms with Gasteiger partial charge >= 0.3 is 0 Å². The largest absolute Gasteiger partial charge is 0.330 e. The van der Waals surface area contributed by atoms with Gasteiger partial charge < -0.3 is 5.73 Å². The Morgan fingerprint density at radius 3 is 2.00 bits per heavy atom. The van der Waals surface area contributed by atoms with Crippen molar-refractivity contribution in [3.8, 4) is 0 Å². The predicted molar refractivity (Wildman–Crippen MR) is 68.5 cm³/mol. The number of benzene rings is 2. The molecule has 0 spiro atoms. The Bertz CT molecular complexity index is 431. The lowest BCUT2D eigenvalue weighted by atomic mass is 9.91. The molecule has 0 amide bonds. The Morgan fingerprint density at radius 2 is 1.44 bits per heavy atom. The molecule has 0 heterocycles. The molecule has 0 saturated heterocycles. The van der Waals surface area contributed by atoms with Crippen molar-refractivity contribution in [3.63, 3.8) is 0 Å². The molecule has 0 unspecified atom stereocenters. The van der Waals surface area contributed by atoms with Crippen LogP contribution in [0.25, 0.3) is 0 Å². The zero-order chi connectivity index (χ0) is 11.4. The maximum absolute atomic E-state index is 5.87. The van der Waals surface area contributed by atoms with E-state index in [-0.39, 0.29) is 0 Å². The second-order valence-corrected chi connectivity index (χ2v) is 4.11. The zero-order valence-corrected chi connectivity index (χ0v) is 9.56. The van der Waals surface area contributed by atoms with E-state index in [9.17, 15) is 0 Å². The van der Waals surface area contributed by atoms with Gasteiger partial charge in [-0.15, -0.1) is 0 Å². The lowest BCUT2D eigenvalue weighted by Crippen LogP contribution is -2.13. The van der Waals surface area contributed by atoms with Gasteiger partial charge in [-0.3, -0.25) is 0 Å². The summed E-state index contributed by atoms with van der Waals surface area (Å²) in [5.41, 5.74) is 9.74. The third kappa shape index (κ3) is 2.31. The quantitative estimate of drug-likeness (QED) is 0.829. The zero-order valence-electron chi connectivity index (χ0n) is 9.56. The molecule has 0 saturated carbocycles. The summed E-state index contributed by atoms with van der Waals surface area (Å²) in [5, 5.41) is 0. The fourth-order valence-electron chi connectivity index (χ4n) is 1.95. The fraction of sp³-hybridized carbons (Fsp3) is 0.200. The van der Waals surface area contributed by atoms with Crippen molar-refractivity contribution in [3.05, 3.63) is 71.3 Å². The van der Waals surface area contributed by atoms with Crippen molar-refractivity contribution in [1.29, 1.82) is 0 Å². The lowest BCUT2D eigenvalue weighted by molar-refractivity contribution is 0.819. The van der Waals surface area contributed by atoms with Crippen LogP contribution < -0.4 is 5.73 Å². The van der Waals surface area contributed by atoms with E-state index < -0.39 is 0 Å². The van der Waals surface area contributed by atoms with Crippen molar-refractivity contribution in [1.82, 2.24) is 0 Å². The Hall–Kier alpha value is -1.60. The van der Waals surface area contributed by atoms with Gasteiger partial charge in [-0.1, -0.05) is 60.2 Å². The van der Waals surface area contributed by atoms with Crippen LogP contribution in [0.1, 0.15) is 22.6 Å². The Morgan fingerprint density at radius 1 is 0.875 bits per heavy atom. The van der Waals surface area contributed by atoms with Crippen molar-refractivity contribution in [2.24, 2.45) is 5.73 Å². The van der Waals surface area contributed by atoms with Crippen molar-refractivity contribution < 1.29 is 0 Å². The maximum Gasteiger partial charge on any atom is 0.0212 e. The molecule has 16 heavy (non-hydrogen) atoms. The van der Waals surface area contributed by atoms with Gasteiger partial charge in [-0.2, -0.15) is 0 Å². The molecular formula is C15H17N. The van der Waals surface area contributed by atoms with E-state index in [0.717, 1.165) is 0 Å². The van der Waals surface area contributed by atoms with E-state index in [1.165, 1.54) is 16.7 Å². The van der Waals surface area contributed by atoms with Crippen LogP contribution in [-0.4, -0.2) is 6.54 Å². The monoisotopic (exact) mass is 211 g/mol. The number of rotatable bonds is 3. The third-order valence-corrected chi connectivity index (χ3v) is 2.92. The highest BCUT2D eigenvalue weighted by atomic mass is 14.5. The summed E-state index contributed by atoms with van der Waals surface area (Å²) in [6, 6.07) is 19.0. The first-order valence-electron chi connectivity index (χ1n) is 5.63. The van der Waals surface area contributed by atoms with Crippen LogP contribution in [0.15, 0.2) is 54.6 Å². The minimum atomic E-state index is 0.307. The van der Waals surface area contributed by atoms with Gasteiger partial charge in [0.05, 0.1) is 0 Å². The molecule has 2 aromatic rings. The summed E-state index contributed by atoms with van der Waals surface area (Å²) in [6.07, 6.45) is 0. The second kappa shape index (κ2) is 4.95. The van der Waals surface area contributed by atoms with Gasteiger partial charge in [-0.05, 0) is 18.1 Å². The summed E-state index contributed by atoms with van der Waals surface area (Å²) in [5.74, 6) is 0.307. The summed E-state index contributed by atoms with van der Waals surface area (Å²) < 4.78 is 0. The van der Waals surface area contributed by atoms with Gasteiger partial charge in [0, 0.05) is 12.5 Å². The molecule has 2 rings (SSSR count). The molecule has 0 radical (unpaired) electrons. The molecule has 0 aliphatic heterocycles.